The fourth-order valence-electron chi connectivity index (χ4n) is 3.31. The van der Waals surface area contributed by atoms with Gasteiger partial charge in [-0.15, -0.1) is 0 Å². The Morgan fingerprint density at radius 1 is 1.33 bits per heavy atom. The number of sulfone groups is 1. The smallest absolute Gasteiger partial charge is 0.200 e. The highest BCUT2D eigenvalue weighted by Gasteiger charge is 2.36. The summed E-state index contributed by atoms with van der Waals surface area (Å²) in [6, 6.07) is 2.48. The molecule has 1 aromatic carbocycles. The first kappa shape index (κ1) is 21.0. The van der Waals surface area contributed by atoms with Crippen LogP contribution in [-0.4, -0.2) is 66.9 Å². The molecule has 10 nitrogen and oxygen atoms in total. The minimum atomic E-state index is -3.79. The molecule has 1 atom stereocenters. The summed E-state index contributed by atoms with van der Waals surface area (Å²) in [6.45, 7) is 5.41. The van der Waals surface area contributed by atoms with E-state index in [-0.39, 0.29) is 28.4 Å². The predicted octanol–water partition coefficient (Wildman–Crippen LogP) is 1.41. The second-order valence-corrected chi connectivity index (χ2v) is 9.89. The Morgan fingerprint density at radius 2 is 2.07 bits per heavy atom. The number of anilines is 1. The molecule has 1 saturated heterocycles. The monoisotopic (exact) mass is 442 g/mol. The largest absolute Gasteiger partial charge is 0.389 e. The van der Waals surface area contributed by atoms with E-state index >= 15 is 0 Å². The molecule has 2 aromatic rings. The third-order valence-electron chi connectivity index (χ3n) is 4.97. The zero-order chi connectivity index (χ0) is 21.5. The van der Waals surface area contributed by atoms with E-state index in [4.69, 9.17) is 14.1 Å². The molecule has 164 valence electrons. The summed E-state index contributed by atoms with van der Waals surface area (Å²) in [5.74, 6) is -1.12. The van der Waals surface area contributed by atoms with Crippen molar-refractivity contribution in [2.45, 2.75) is 38.0 Å². The number of aliphatic hydroxyl groups is 1. The predicted molar refractivity (Wildman–Crippen MR) is 106 cm³/mol. The Balaban J connectivity index is 1.57. The van der Waals surface area contributed by atoms with Crippen molar-refractivity contribution in [2.24, 2.45) is 5.16 Å². The molecule has 2 aliphatic heterocycles. The van der Waals surface area contributed by atoms with E-state index in [1.165, 1.54) is 6.07 Å². The van der Waals surface area contributed by atoms with Gasteiger partial charge >= 0.3 is 0 Å². The van der Waals surface area contributed by atoms with Crippen LogP contribution in [0.15, 0.2) is 21.8 Å². The lowest BCUT2D eigenvalue weighted by Crippen LogP contribution is -2.47. The maximum atomic E-state index is 14.5. The Morgan fingerprint density at radius 3 is 2.73 bits per heavy atom. The maximum Gasteiger partial charge on any atom is 0.200 e. The third kappa shape index (κ3) is 4.26. The highest BCUT2D eigenvalue weighted by atomic mass is 32.2. The van der Waals surface area contributed by atoms with E-state index in [1.54, 1.807) is 18.7 Å². The number of nitrogens with zero attached hydrogens (tertiary/aromatic N) is 3. The summed E-state index contributed by atoms with van der Waals surface area (Å²) in [4.78, 5) is 6.85. The van der Waals surface area contributed by atoms with Gasteiger partial charge in [-0.05, 0) is 19.9 Å². The Hall–Kier alpha value is -2.28. The maximum absolute atomic E-state index is 14.5. The number of oxime groups is 1. The normalized spacial score (nSPS) is 20.7. The topological polar surface area (TPSA) is 126 Å². The fraction of sp³-hybridized carbons (Fsp3) is 0.556. The van der Waals surface area contributed by atoms with Gasteiger partial charge in [0, 0.05) is 31.0 Å². The van der Waals surface area contributed by atoms with Gasteiger partial charge in [-0.25, -0.2) is 12.8 Å². The van der Waals surface area contributed by atoms with Gasteiger partial charge in [0.2, 0.25) is 9.84 Å². The number of aliphatic hydroxyl groups excluding tert-OH is 1. The van der Waals surface area contributed by atoms with Crippen molar-refractivity contribution in [3.05, 3.63) is 23.6 Å². The highest BCUT2D eigenvalue weighted by Crippen LogP contribution is 2.30. The fourth-order valence-corrected chi connectivity index (χ4v) is 4.76. The Labute approximate surface area is 172 Å². The van der Waals surface area contributed by atoms with Gasteiger partial charge in [0.05, 0.1) is 18.9 Å². The van der Waals surface area contributed by atoms with Crippen LogP contribution >= 0.6 is 0 Å². The second-order valence-electron chi connectivity index (χ2n) is 7.90. The number of aromatic nitrogens is 1. The third-order valence-corrected chi connectivity index (χ3v) is 6.56. The number of hydrogen-bond acceptors (Lipinski definition) is 10. The van der Waals surface area contributed by atoms with Crippen molar-refractivity contribution in [3.8, 4) is 0 Å². The van der Waals surface area contributed by atoms with Crippen molar-refractivity contribution < 1.29 is 32.0 Å². The number of hydrogen-bond donors (Lipinski definition) is 2. The molecule has 1 fully saturated rings. The van der Waals surface area contributed by atoms with Crippen molar-refractivity contribution >= 4 is 31.5 Å². The molecule has 12 heteroatoms. The van der Waals surface area contributed by atoms with Gasteiger partial charge in [-0.3, -0.25) is 4.90 Å². The zero-order valence-corrected chi connectivity index (χ0v) is 17.4. The molecule has 1 unspecified atom stereocenters. The number of rotatable bonds is 5. The zero-order valence-electron chi connectivity index (χ0n) is 16.6. The molecular weight excluding hydrogens is 419 g/mol. The number of fused-ring (bicyclic) bond motifs is 1. The standard InChI is InChI=1S/C18H23FN4O6S/c1-18(2)9-16(22-29-18)30(25,26)10-14-11-7-13(12(19)8-15(11)28-21-14)20-17(24)23-3-5-27-6-4-23/h7-8,17,20,24H,3-6,9-10H2,1-2H3. The number of nitrogens with one attached hydrogen (secondary N) is 1. The first-order valence-electron chi connectivity index (χ1n) is 9.47. The average Bonchev–Trinajstić information content (AvgIpc) is 3.25. The Bertz CT molecular complexity index is 1080. The molecule has 0 radical (unpaired) electrons. The minimum absolute atomic E-state index is 0.00557. The molecule has 0 bridgehead atoms. The van der Waals surface area contributed by atoms with Crippen molar-refractivity contribution in [3.63, 3.8) is 0 Å². The van der Waals surface area contributed by atoms with Crippen LogP contribution in [0.4, 0.5) is 10.1 Å². The molecule has 0 amide bonds. The van der Waals surface area contributed by atoms with Crippen LogP contribution in [-0.2, 0) is 25.2 Å². The van der Waals surface area contributed by atoms with Crippen LogP contribution in [0, 0.1) is 5.82 Å². The van der Waals surface area contributed by atoms with E-state index in [2.05, 4.69) is 15.6 Å². The van der Waals surface area contributed by atoms with Gasteiger partial charge in [-0.2, -0.15) is 0 Å². The SMILES string of the molecule is CC1(C)CC(S(=O)(=O)Cc2noc3cc(F)c(NC(O)N4CCOCC4)cc23)=NO1. The highest BCUT2D eigenvalue weighted by molar-refractivity contribution is 8.05. The first-order chi connectivity index (χ1) is 14.1. The second kappa shape index (κ2) is 7.76. The molecule has 0 saturated carbocycles. The van der Waals surface area contributed by atoms with Crippen LogP contribution in [0.5, 0.6) is 0 Å². The lowest BCUT2D eigenvalue weighted by molar-refractivity contribution is -0.0447. The molecule has 2 N–H and O–H groups in total. The molecule has 0 aliphatic carbocycles. The molecule has 0 spiro atoms. The lowest BCUT2D eigenvalue weighted by Gasteiger charge is -2.31. The van der Waals surface area contributed by atoms with E-state index < -0.39 is 33.4 Å². The van der Waals surface area contributed by atoms with Crippen LogP contribution in [0.25, 0.3) is 11.0 Å². The summed E-state index contributed by atoms with van der Waals surface area (Å²) < 4.78 is 50.3. The van der Waals surface area contributed by atoms with Gasteiger partial charge in [0.15, 0.2) is 17.0 Å². The summed E-state index contributed by atoms with van der Waals surface area (Å²) >= 11 is 0. The van der Waals surface area contributed by atoms with Gasteiger partial charge < -0.3 is 24.5 Å². The number of morpholine rings is 1. The molecule has 1 aromatic heterocycles. The van der Waals surface area contributed by atoms with Gasteiger partial charge in [0.1, 0.15) is 22.9 Å². The van der Waals surface area contributed by atoms with Gasteiger partial charge in [0.25, 0.3) is 0 Å². The minimum Gasteiger partial charge on any atom is -0.389 e. The molecule has 3 heterocycles. The van der Waals surface area contributed by atoms with E-state index in [0.717, 1.165) is 6.07 Å². The van der Waals surface area contributed by atoms with Crippen molar-refractivity contribution in [2.75, 3.05) is 31.6 Å². The Kier molecular flexibility index (Phi) is 5.43. The van der Waals surface area contributed by atoms with Crippen LogP contribution in [0.1, 0.15) is 26.0 Å². The summed E-state index contributed by atoms with van der Waals surface area (Å²) in [6.07, 6.45) is -0.974. The van der Waals surface area contributed by atoms with Crippen LogP contribution in [0.3, 0.4) is 0 Å². The summed E-state index contributed by atoms with van der Waals surface area (Å²) in [5.41, 5.74) is -0.453. The summed E-state index contributed by atoms with van der Waals surface area (Å²) in [5, 5.41) is 20.8. The first-order valence-corrected chi connectivity index (χ1v) is 11.1. The van der Waals surface area contributed by atoms with Crippen LogP contribution in [0.2, 0.25) is 0 Å². The van der Waals surface area contributed by atoms with E-state index in [1.807, 2.05) is 0 Å². The van der Waals surface area contributed by atoms with Crippen molar-refractivity contribution in [1.82, 2.24) is 10.1 Å². The number of benzene rings is 1. The molecule has 30 heavy (non-hydrogen) atoms. The quantitative estimate of drug-likeness (QED) is 0.661. The molecule has 4 rings (SSSR count). The number of halogens is 1. The van der Waals surface area contributed by atoms with Gasteiger partial charge in [-0.1, -0.05) is 10.3 Å². The number of ether oxygens (including phenoxy) is 1. The van der Waals surface area contributed by atoms with E-state index in [0.29, 0.717) is 31.7 Å². The average molecular weight is 442 g/mol. The van der Waals surface area contributed by atoms with E-state index in [9.17, 15) is 17.9 Å². The molecule has 2 aliphatic rings. The lowest BCUT2D eigenvalue weighted by atomic mass is 10.1. The summed E-state index contributed by atoms with van der Waals surface area (Å²) in [7, 11) is -3.79. The van der Waals surface area contributed by atoms with Crippen molar-refractivity contribution in [1.29, 1.82) is 0 Å². The molecular formula is C18H23FN4O6S. The van der Waals surface area contributed by atoms with Crippen LogP contribution < -0.4 is 5.32 Å².